The Bertz CT molecular complexity index is 997. The topological polar surface area (TPSA) is 110 Å². The SMILES string of the molecule is N#Cc1ccccc1NC(=O)CSc1nnc(-c2ccccc2Cl)n1N. The average Bonchev–Trinajstić information content (AvgIpc) is 3.01. The van der Waals surface area contributed by atoms with E-state index in [4.69, 9.17) is 22.7 Å². The number of rotatable bonds is 5. The zero-order chi connectivity index (χ0) is 18.5. The van der Waals surface area contributed by atoms with E-state index in [-0.39, 0.29) is 11.7 Å². The fourth-order valence-corrected chi connectivity index (χ4v) is 3.08. The zero-order valence-corrected chi connectivity index (χ0v) is 15.0. The quantitative estimate of drug-likeness (QED) is 0.517. The zero-order valence-electron chi connectivity index (χ0n) is 13.4. The molecule has 0 unspecified atom stereocenters. The molecule has 7 nitrogen and oxygen atoms in total. The molecule has 2 aromatic carbocycles. The van der Waals surface area contributed by atoms with Gasteiger partial charge in [-0.3, -0.25) is 4.79 Å². The van der Waals surface area contributed by atoms with Crippen molar-refractivity contribution in [1.29, 1.82) is 5.26 Å². The third-order valence-electron chi connectivity index (χ3n) is 3.43. The number of nitriles is 1. The third kappa shape index (κ3) is 3.79. The summed E-state index contributed by atoms with van der Waals surface area (Å²) in [6, 6.07) is 16.0. The second kappa shape index (κ2) is 7.91. The lowest BCUT2D eigenvalue weighted by Crippen LogP contribution is -2.17. The highest BCUT2D eigenvalue weighted by Gasteiger charge is 2.16. The molecular formula is C17H13ClN6OS. The minimum absolute atomic E-state index is 0.0671. The van der Waals surface area contributed by atoms with Crippen molar-refractivity contribution in [3.05, 3.63) is 59.1 Å². The van der Waals surface area contributed by atoms with Crippen LogP contribution in [0.2, 0.25) is 5.02 Å². The van der Waals surface area contributed by atoms with E-state index in [1.165, 1.54) is 4.68 Å². The van der Waals surface area contributed by atoms with Crippen LogP contribution in [0.3, 0.4) is 0 Å². The van der Waals surface area contributed by atoms with Crippen LogP contribution < -0.4 is 11.2 Å². The number of anilines is 1. The van der Waals surface area contributed by atoms with Gasteiger partial charge in [-0.2, -0.15) is 5.26 Å². The number of para-hydroxylation sites is 1. The van der Waals surface area contributed by atoms with E-state index in [1.54, 1.807) is 36.4 Å². The molecule has 1 amide bonds. The summed E-state index contributed by atoms with van der Waals surface area (Å²) in [7, 11) is 0. The van der Waals surface area contributed by atoms with E-state index < -0.39 is 0 Å². The Balaban J connectivity index is 1.68. The Morgan fingerprint density at radius 2 is 1.96 bits per heavy atom. The van der Waals surface area contributed by atoms with Crippen molar-refractivity contribution in [2.75, 3.05) is 16.9 Å². The summed E-state index contributed by atoms with van der Waals surface area (Å²) in [4.78, 5) is 12.1. The number of thioether (sulfide) groups is 1. The highest BCUT2D eigenvalue weighted by Crippen LogP contribution is 2.27. The van der Waals surface area contributed by atoms with Crippen LogP contribution in [-0.2, 0) is 4.79 Å². The number of carbonyl (C=O) groups is 1. The van der Waals surface area contributed by atoms with Gasteiger partial charge in [-0.05, 0) is 24.3 Å². The third-order valence-corrected chi connectivity index (χ3v) is 4.71. The van der Waals surface area contributed by atoms with E-state index in [0.29, 0.717) is 32.8 Å². The molecule has 0 bridgehead atoms. The molecule has 0 aliphatic heterocycles. The Kier molecular flexibility index (Phi) is 5.41. The van der Waals surface area contributed by atoms with Crippen molar-refractivity contribution in [3.63, 3.8) is 0 Å². The number of benzene rings is 2. The second-order valence-electron chi connectivity index (χ2n) is 5.15. The summed E-state index contributed by atoms with van der Waals surface area (Å²) in [5.74, 6) is 6.23. The minimum atomic E-state index is -0.278. The first kappa shape index (κ1) is 17.8. The minimum Gasteiger partial charge on any atom is -0.335 e. The van der Waals surface area contributed by atoms with Crippen molar-refractivity contribution in [3.8, 4) is 17.5 Å². The molecule has 0 aliphatic rings. The predicted octanol–water partition coefficient (Wildman–Crippen LogP) is 2.91. The van der Waals surface area contributed by atoms with Crippen LogP contribution in [0.15, 0.2) is 53.7 Å². The molecule has 0 fully saturated rings. The van der Waals surface area contributed by atoms with Gasteiger partial charge in [0.2, 0.25) is 11.1 Å². The van der Waals surface area contributed by atoms with Gasteiger partial charge in [0.05, 0.1) is 22.0 Å². The molecule has 0 saturated carbocycles. The number of nitrogens with one attached hydrogen (secondary N) is 1. The van der Waals surface area contributed by atoms with Gasteiger partial charge in [0.1, 0.15) is 6.07 Å². The standard InChI is InChI=1S/C17H13ClN6OS/c18-13-7-3-2-6-12(13)16-22-23-17(24(16)20)26-10-15(25)21-14-8-4-1-5-11(14)9-19/h1-8H,10,20H2,(H,21,25). The maximum Gasteiger partial charge on any atom is 0.234 e. The van der Waals surface area contributed by atoms with E-state index >= 15 is 0 Å². The van der Waals surface area contributed by atoms with Crippen LogP contribution in [0.5, 0.6) is 0 Å². The van der Waals surface area contributed by atoms with Crippen molar-refractivity contribution < 1.29 is 4.79 Å². The fraction of sp³-hybridized carbons (Fsp3) is 0.0588. The van der Waals surface area contributed by atoms with Gasteiger partial charge in [0.15, 0.2) is 5.82 Å². The van der Waals surface area contributed by atoms with Gasteiger partial charge in [0.25, 0.3) is 0 Å². The highest BCUT2D eigenvalue weighted by molar-refractivity contribution is 7.99. The van der Waals surface area contributed by atoms with Crippen molar-refractivity contribution >= 4 is 35.0 Å². The summed E-state index contributed by atoms with van der Waals surface area (Å²) in [5.41, 5.74) is 1.52. The van der Waals surface area contributed by atoms with Crippen molar-refractivity contribution in [1.82, 2.24) is 14.9 Å². The number of carbonyl (C=O) groups excluding carboxylic acids is 1. The Morgan fingerprint density at radius 3 is 2.73 bits per heavy atom. The van der Waals surface area contributed by atoms with Crippen molar-refractivity contribution in [2.45, 2.75) is 5.16 Å². The summed E-state index contributed by atoms with van der Waals surface area (Å²) in [6.07, 6.45) is 0. The first-order valence-electron chi connectivity index (χ1n) is 7.47. The van der Waals surface area contributed by atoms with Crippen LogP contribution in [0.25, 0.3) is 11.4 Å². The molecule has 9 heteroatoms. The van der Waals surface area contributed by atoms with Crippen LogP contribution >= 0.6 is 23.4 Å². The summed E-state index contributed by atoms with van der Waals surface area (Å²) in [5, 5.41) is 20.7. The summed E-state index contributed by atoms with van der Waals surface area (Å²) in [6.45, 7) is 0. The first-order chi connectivity index (χ1) is 12.6. The number of halogens is 1. The van der Waals surface area contributed by atoms with Crippen LogP contribution in [0.1, 0.15) is 5.56 Å². The monoisotopic (exact) mass is 384 g/mol. The Hall–Kier alpha value is -3.02. The fourth-order valence-electron chi connectivity index (χ4n) is 2.21. The normalized spacial score (nSPS) is 10.3. The molecular weight excluding hydrogens is 372 g/mol. The molecule has 130 valence electrons. The number of nitrogens with zero attached hydrogens (tertiary/aromatic N) is 4. The lowest BCUT2D eigenvalue weighted by Gasteiger charge is -2.07. The maximum absolute atomic E-state index is 12.1. The van der Waals surface area contributed by atoms with Gasteiger partial charge in [0, 0.05) is 5.56 Å². The smallest absolute Gasteiger partial charge is 0.234 e. The van der Waals surface area contributed by atoms with E-state index in [0.717, 1.165) is 11.8 Å². The number of hydrogen-bond donors (Lipinski definition) is 2. The number of aromatic nitrogens is 3. The predicted molar refractivity (Wildman–Crippen MR) is 101 cm³/mol. The van der Waals surface area contributed by atoms with E-state index in [2.05, 4.69) is 15.5 Å². The molecule has 1 heterocycles. The summed E-state index contributed by atoms with van der Waals surface area (Å²) >= 11 is 7.29. The summed E-state index contributed by atoms with van der Waals surface area (Å²) < 4.78 is 1.29. The molecule has 0 radical (unpaired) electrons. The molecule has 3 aromatic rings. The van der Waals surface area contributed by atoms with Crippen LogP contribution in [-0.4, -0.2) is 26.5 Å². The number of amides is 1. The molecule has 26 heavy (non-hydrogen) atoms. The lowest BCUT2D eigenvalue weighted by molar-refractivity contribution is -0.113. The first-order valence-corrected chi connectivity index (χ1v) is 8.83. The molecule has 0 saturated heterocycles. The Labute approximate surface area is 158 Å². The molecule has 0 aliphatic carbocycles. The van der Waals surface area contributed by atoms with E-state index in [1.807, 2.05) is 18.2 Å². The maximum atomic E-state index is 12.1. The number of nitrogens with two attached hydrogens (primary N) is 1. The largest absolute Gasteiger partial charge is 0.335 e. The van der Waals surface area contributed by atoms with Gasteiger partial charge >= 0.3 is 0 Å². The number of nitrogen functional groups attached to an aromatic ring is 1. The molecule has 0 atom stereocenters. The highest BCUT2D eigenvalue weighted by atomic mass is 35.5. The molecule has 0 spiro atoms. The van der Waals surface area contributed by atoms with Crippen LogP contribution in [0, 0.1) is 11.3 Å². The van der Waals surface area contributed by atoms with Gasteiger partial charge < -0.3 is 11.2 Å². The molecule has 3 N–H and O–H groups in total. The lowest BCUT2D eigenvalue weighted by atomic mass is 10.2. The Morgan fingerprint density at radius 1 is 1.23 bits per heavy atom. The van der Waals surface area contributed by atoms with Gasteiger partial charge in [-0.15, -0.1) is 10.2 Å². The number of hydrogen-bond acceptors (Lipinski definition) is 6. The van der Waals surface area contributed by atoms with Gasteiger partial charge in [-0.1, -0.05) is 47.6 Å². The van der Waals surface area contributed by atoms with E-state index in [9.17, 15) is 4.79 Å². The molecule has 3 rings (SSSR count). The van der Waals surface area contributed by atoms with Crippen LogP contribution in [0.4, 0.5) is 5.69 Å². The average molecular weight is 385 g/mol. The second-order valence-corrected chi connectivity index (χ2v) is 6.50. The van der Waals surface area contributed by atoms with Gasteiger partial charge in [-0.25, -0.2) is 4.68 Å². The molecule has 1 aromatic heterocycles. The van der Waals surface area contributed by atoms with Crippen molar-refractivity contribution in [2.24, 2.45) is 0 Å².